The number of benzene rings is 1. The van der Waals surface area contributed by atoms with Crippen LogP contribution in [0.1, 0.15) is 37.7 Å². The fourth-order valence-electron chi connectivity index (χ4n) is 3.14. The van der Waals surface area contributed by atoms with E-state index in [-0.39, 0.29) is 25.8 Å². The second-order valence-electron chi connectivity index (χ2n) is 7.69. The molecule has 0 aromatic heterocycles. The molecule has 0 aliphatic heterocycles. The number of carboxylic acid groups (broad SMARTS) is 2. The monoisotopic (exact) mass is 479 g/mol. The fraction of sp³-hybridized carbons (Fsp3) is 0.500. The molecule has 0 saturated heterocycles. The Hall–Kier alpha value is -3.51. The molecular formula is C22H33N5O7. The van der Waals surface area contributed by atoms with Crippen molar-refractivity contribution in [2.24, 2.45) is 11.5 Å². The molecule has 1 aromatic rings. The molecule has 12 heteroatoms. The van der Waals surface area contributed by atoms with E-state index < -0.39 is 54.2 Å². The van der Waals surface area contributed by atoms with Gasteiger partial charge in [-0.05, 0) is 37.8 Å². The zero-order valence-electron chi connectivity index (χ0n) is 18.9. The van der Waals surface area contributed by atoms with Crippen molar-refractivity contribution < 1.29 is 34.2 Å². The third kappa shape index (κ3) is 10.9. The number of carbonyl (C=O) groups is 5. The van der Waals surface area contributed by atoms with Crippen molar-refractivity contribution in [3.8, 4) is 0 Å². The number of rotatable bonds is 16. The minimum atomic E-state index is -1.45. The lowest BCUT2D eigenvalue weighted by Crippen LogP contribution is -2.56. The maximum Gasteiger partial charge on any atom is 0.326 e. The van der Waals surface area contributed by atoms with Gasteiger partial charge in [-0.15, -0.1) is 0 Å². The number of aliphatic carboxylic acids is 2. The van der Waals surface area contributed by atoms with Crippen molar-refractivity contribution in [1.82, 2.24) is 16.0 Å². The van der Waals surface area contributed by atoms with Gasteiger partial charge in [-0.25, -0.2) is 4.79 Å². The van der Waals surface area contributed by atoms with E-state index in [2.05, 4.69) is 16.0 Å². The van der Waals surface area contributed by atoms with Crippen LogP contribution in [-0.4, -0.2) is 71.1 Å². The number of amides is 3. The van der Waals surface area contributed by atoms with Crippen molar-refractivity contribution >= 4 is 29.7 Å². The SMILES string of the molecule is NCCCCC(NC(=O)CN)C(=O)NC(Cc1ccccc1)C(=O)NC(CCC(=O)O)C(=O)O. The van der Waals surface area contributed by atoms with Crippen LogP contribution in [0.4, 0.5) is 0 Å². The average Bonchev–Trinajstić information content (AvgIpc) is 2.80. The minimum absolute atomic E-state index is 0.0457. The zero-order chi connectivity index (χ0) is 25.5. The summed E-state index contributed by atoms with van der Waals surface area (Å²) in [5, 5.41) is 25.6. The quantitative estimate of drug-likeness (QED) is 0.140. The number of carboxylic acids is 2. The number of hydrogen-bond donors (Lipinski definition) is 7. The molecule has 9 N–H and O–H groups in total. The molecule has 12 nitrogen and oxygen atoms in total. The van der Waals surface area contributed by atoms with Crippen LogP contribution >= 0.6 is 0 Å². The van der Waals surface area contributed by atoms with Crippen molar-refractivity contribution in [1.29, 1.82) is 0 Å². The van der Waals surface area contributed by atoms with Gasteiger partial charge < -0.3 is 37.6 Å². The van der Waals surface area contributed by atoms with Gasteiger partial charge in [0, 0.05) is 12.8 Å². The Balaban J connectivity index is 3.05. The molecule has 0 spiro atoms. The first-order chi connectivity index (χ1) is 16.2. The molecule has 0 saturated carbocycles. The van der Waals surface area contributed by atoms with E-state index in [4.69, 9.17) is 16.6 Å². The van der Waals surface area contributed by atoms with Crippen molar-refractivity contribution in [3.05, 3.63) is 35.9 Å². The van der Waals surface area contributed by atoms with Crippen molar-refractivity contribution in [3.63, 3.8) is 0 Å². The van der Waals surface area contributed by atoms with E-state index in [0.717, 1.165) is 0 Å². The molecule has 1 rings (SSSR count). The summed E-state index contributed by atoms with van der Waals surface area (Å²) in [7, 11) is 0. The van der Waals surface area contributed by atoms with E-state index in [0.29, 0.717) is 24.9 Å². The van der Waals surface area contributed by atoms with Gasteiger partial charge in [0.2, 0.25) is 17.7 Å². The molecule has 0 fully saturated rings. The van der Waals surface area contributed by atoms with Gasteiger partial charge in [-0.3, -0.25) is 19.2 Å². The summed E-state index contributed by atoms with van der Waals surface area (Å²) >= 11 is 0. The molecular weight excluding hydrogens is 446 g/mol. The average molecular weight is 480 g/mol. The Bertz CT molecular complexity index is 834. The molecule has 0 aliphatic carbocycles. The Labute approximate surface area is 197 Å². The third-order valence-corrected chi connectivity index (χ3v) is 4.96. The first kappa shape index (κ1) is 28.5. The second kappa shape index (κ2) is 15.3. The number of nitrogens with two attached hydrogens (primary N) is 2. The van der Waals surface area contributed by atoms with Crippen LogP contribution in [0.25, 0.3) is 0 Å². The van der Waals surface area contributed by atoms with Gasteiger partial charge in [-0.2, -0.15) is 0 Å². The molecule has 3 amide bonds. The highest BCUT2D eigenvalue weighted by molar-refractivity contribution is 5.93. The number of hydrogen-bond acceptors (Lipinski definition) is 7. The van der Waals surface area contributed by atoms with Crippen LogP contribution in [0.2, 0.25) is 0 Å². The molecule has 188 valence electrons. The minimum Gasteiger partial charge on any atom is -0.481 e. The predicted molar refractivity (Wildman–Crippen MR) is 122 cm³/mol. The molecule has 0 heterocycles. The van der Waals surface area contributed by atoms with E-state index in [1.807, 2.05) is 0 Å². The van der Waals surface area contributed by atoms with Crippen molar-refractivity contribution in [2.75, 3.05) is 13.1 Å². The Kier molecular flexibility index (Phi) is 12.9. The van der Waals surface area contributed by atoms with E-state index in [1.54, 1.807) is 30.3 Å². The first-order valence-corrected chi connectivity index (χ1v) is 11.0. The second-order valence-corrected chi connectivity index (χ2v) is 7.69. The summed E-state index contributed by atoms with van der Waals surface area (Å²) in [5.74, 6) is -4.57. The summed E-state index contributed by atoms with van der Waals surface area (Å²) in [6.07, 6.45) is 0.707. The van der Waals surface area contributed by atoms with Gasteiger partial charge in [0.25, 0.3) is 0 Å². The molecule has 0 bridgehead atoms. The van der Waals surface area contributed by atoms with Crippen LogP contribution < -0.4 is 27.4 Å². The lowest BCUT2D eigenvalue weighted by molar-refractivity contribution is -0.143. The summed E-state index contributed by atoms with van der Waals surface area (Å²) < 4.78 is 0. The summed E-state index contributed by atoms with van der Waals surface area (Å²) in [4.78, 5) is 60.0. The van der Waals surface area contributed by atoms with Gasteiger partial charge in [-0.1, -0.05) is 30.3 Å². The normalized spacial score (nSPS) is 13.2. The number of carbonyl (C=O) groups excluding carboxylic acids is 3. The van der Waals surface area contributed by atoms with Crippen LogP contribution in [0, 0.1) is 0 Å². The molecule has 34 heavy (non-hydrogen) atoms. The van der Waals surface area contributed by atoms with E-state index in [9.17, 15) is 29.1 Å². The van der Waals surface area contributed by atoms with Crippen LogP contribution in [-0.2, 0) is 30.4 Å². The zero-order valence-corrected chi connectivity index (χ0v) is 18.9. The van der Waals surface area contributed by atoms with Gasteiger partial charge in [0.1, 0.15) is 18.1 Å². The maximum absolute atomic E-state index is 13.0. The highest BCUT2D eigenvalue weighted by Crippen LogP contribution is 2.08. The van der Waals surface area contributed by atoms with Crippen molar-refractivity contribution in [2.45, 2.75) is 56.7 Å². The third-order valence-electron chi connectivity index (χ3n) is 4.96. The topological polar surface area (TPSA) is 214 Å². The van der Waals surface area contributed by atoms with Crippen LogP contribution in [0.5, 0.6) is 0 Å². The van der Waals surface area contributed by atoms with Gasteiger partial charge in [0.15, 0.2) is 0 Å². The summed E-state index contributed by atoms with van der Waals surface area (Å²) in [5.41, 5.74) is 11.5. The lowest BCUT2D eigenvalue weighted by Gasteiger charge is -2.24. The van der Waals surface area contributed by atoms with Gasteiger partial charge in [0.05, 0.1) is 6.54 Å². The first-order valence-electron chi connectivity index (χ1n) is 11.0. The van der Waals surface area contributed by atoms with E-state index >= 15 is 0 Å². The summed E-state index contributed by atoms with van der Waals surface area (Å²) in [6, 6.07) is 5.16. The summed E-state index contributed by atoms with van der Waals surface area (Å²) in [6.45, 7) is 0.0869. The Morgan fingerprint density at radius 2 is 1.41 bits per heavy atom. The van der Waals surface area contributed by atoms with Crippen LogP contribution in [0.3, 0.4) is 0 Å². The largest absolute Gasteiger partial charge is 0.481 e. The van der Waals surface area contributed by atoms with E-state index in [1.165, 1.54) is 0 Å². The van der Waals surface area contributed by atoms with Gasteiger partial charge >= 0.3 is 11.9 Å². The number of unbranched alkanes of at least 4 members (excludes halogenated alkanes) is 1. The highest BCUT2D eigenvalue weighted by Gasteiger charge is 2.29. The van der Waals surface area contributed by atoms with Crippen LogP contribution in [0.15, 0.2) is 30.3 Å². The standard InChI is InChI=1S/C22H33N5O7/c23-11-5-4-8-15(25-18(28)13-24)20(31)27-17(12-14-6-2-1-3-7-14)21(32)26-16(22(33)34)9-10-19(29)30/h1-3,6-7,15-17H,4-5,8-13,23-24H2,(H,25,28)(H,26,32)(H,27,31)(H,29,30)(H,33,34). The highest BCUT2D eigenvalue weighted by atomic mass is 16.4. The maximum atomic E-state index is 13.0. The lowest BCUT2D eigenvalue weighted by atomic mass is 10.0. The molecule has 0 radical (unpaired) electrons. The fourth-order valence-corrected chi connectivity index (χ4v) is 3.14. The molecule has 3 atom stereocenters. The predicted octanol–water partition coefficient (Wildman–Crippen LogP) is -1.28. The Morgan fingerprint density at radius 3 is 1.97 bits per heavy atom. The number of nitrogens with one attached hydrogen (secondary N) is 3. The Morgan fingerprint density at radius 1 is 0.794 bits per heavy atom. The molecule has 0 aliphatic rings. The smallest absolute Gasteiger partial charge is 0.326 e. The molecule has 3 unspecified atom stereocenters. The molecule has 1 aromatic carbocycles.